The first kappa shape index (κ1) is 17.5. The summed E-state index contributed by atoms with van der Waals surface area (Å²) in [6.45, 7) is 1.95. The second-order valence-electron chi connectivity index (χ2n) is 5.06. The second kappa shape index (κ2) is 7.64. The van der Waals surface area contributed by atoms with E-state index in [4.69, 9.17) is 33.7 Å². The molecular weight excluding hydrogens is 337 g/mol. The van der Waals surface area contributed by atoms with E-state index in [2.05, 4.69) is 10.3 Å². The molecule has 3 N–H and O–H groups in total. The number of ether oxygens (including phenoxy) is 1. The van der Waals surface area contributed by atoms with Gasteiger partial charge < -0.3 is 15.8 Å². The van der Waals surface area contributed by atoms with Crippen molar-refractivity contribution in [1.29, 1.82) is 0 Å². The largest absolute Gasteiger partial charge is 0.375 e. The topological polar surface area (TPSA) is 77.2 Å². The number of nitrogens with zero attached hydrogens (tertiary/aromatic N) is 1. The molecule has 0 aliphatic heterocycles. The van der Waals surface area contributed by atoms with Crippen LogP contribution in [0.2, 0.25) is 10.0 Å². The molecular formula is C16H17Cl2N3O2. The van der Waals surface area contributed by atoms with Crippen LogP contribution in [-0.4, -0.2) is 24.0 Å². The van der Waals surface area contributed by atoms with Crippen LogP contribution in [0.15, 0.2) is 36.5 Å². The molecule has 2 unspecified atom stereocenters. The van der Waals surface area contributed by atoms with Crippen molar-refractivity contribution in [2.75, 3.05) is 12.4 Å². The molecule has 0 saturated carbocycles. The number of amides is 1. The van der Waals surface area contributed by atoms with E-state index in [9.17, 15) is 4.79 Å². The third kappa shape index (κ3) is 4.34. The van der Waals surface area contributed by atoms with E-state index in [1.807, 2.05) is 31.2 Å². The van der Waals surface area contributed by atoms with Crippen molar-refractivity contribution in [2.45, 2.75) is 19.1 Å². The number of pyridine rings is 1. The van der Waals surface area contributed by atoms with E-state index < -0.39 is 5.91 Å². The summed E-state index contributed by atoms with van der Waals surface area (Å²) in [5, 5.41) is 4.17. The zero-order chi connectivity index (χ0) is 17.0. The monoisotopic (exact) mass is 353 g/mol. The number of anilines is 1. The summed E-state index contributed by atoms with van der Waals surface area (Å²) in [4.78, 5) is 15.3. The Morgan fingerprint density at radius 1 is 1.30 bits per heavy atom. The highest BCUT2D eigenvalue weighted by Crippen LogP contribution is 2.27. The van der Waals surface area contributed by atoms with Gasteiger partial charge in [0.05, 0.1) is 16.6 Å². The molecule has 0 saturated heterocycles. The van der Waals surface area contributed by atoms with Crippen LogP contribution < -0.4 is 11.1 Å². The van der Waals surface area contributed by atoms with Gasteiger partial charge in [-0.3, -0.25) is 4.79 Å². The second-order valence-corrected chi connectivity index (χ2v) is 5.90. The molecule has 0 spiro atoms. The van der Waals surface area contributed by atoms with Crippen LogP contribution in [-0.2, 0) is 4.74 Å². The number of benzene rings is 1. The maximum Gasteiger partial charge on any atom is 0.250 e. The Kier molecular flexibility index (Phi) is 5.82. The van der Waals surface area contributed by atoms with Gasteiger partial charge in [-0.25, -0.2) is 4.98 Å². The van der Waals surface area contributed by atoms with Gasteiger partial charge in [-0.1, -0.05) is 35.3 Å². The van der Waals surface area contributed by atoms with Crippen molar-refractivity contribution in [2.24, 2.45) is 5.73 Å². The lowest BCUT2D eigenvalue weighted by Gasteiger charge is -2.25. The minimum absolute atomic E-state index is 0.120. The highest BCUT2D eigenvalue weighted by molar-refractivity contribution is 6.33. The summed E-state index contributed by atoms with van der Waals surface area (Å²) in [6, 6.07) is 8.78. The average Bonchev–Trinajstić information content (AvgIpc) is 2.51. The summed E-state index contributed by atoms with van der Waals surface area (Å²) in [5.41, 5.74) is 6.44. The van der Waals surface area contributed by atoms with Crippen LogP contribution in [0.25, 0.3) is 0 Å². The predicted molar refractivity (Wildman–Crippen MR) is 92.1 cm³/mol. The van der Waals surface area contributed by atoms with Gasteiger partial charge in [0.25, 0.3) is 0 Å². The molecule has 1 amide bonds. The third-order valence-electron chi connectivity index (χ3n) is 3.40. The van der Waals surface area contributed by atoms with Crippen molar-refractivity contribution < 1.29 is 9.53 Å². The Balaban J connectivity index is 2.17. The number of primary amides is 1. The number of hydrogen-bond acceptors (Lipinski definition) is 4. The van der Waals surface area contributed by atoms with Gasteiger partial charge in [-0.05, 0) is 30.7 Å². The van der Waals surface area contributed by atoms with Crippen molar-refractivity contribution in [3.63, 3.8) is 0 Å². The molecule has 0 bridgehead atoms. The van der Waals surface area contributed by atoms with E-state index in [1.54, 1.807) is 7.11 Å². The molecule has 0 fully saturated rings. The molecule has 0 aliphatic carbocycles. The lowest BCUT2D eigenvalue weighted by molar-refractivity contribution is 0.0907. The Hall–Kier alpha value is -1.82. The Bertz CT molecular complexity index is 692. The smallest absolute Gasteiger partial charge is 0.250 e. The van der Waals surface area contributed by atoms with Crippen LogP contribution in [0, 0.1) is 0 Å². The highest BCUT2D eigenvalue weighted by Gasteiger charge is 2.20. The number of hydrogen-bond donors (Lipinski definition) is 2. The van der Waals surface area contributed by atoms with Crippen LogP contribution in [0.3, 0.4) is 0 Å². The molecule has 2 rings (SSSR count). The number of rotatable bonds is 6. The molecule has 0 radical (unpaired) electrons. The SMILES string of the molecule is COC(c1ccc(Cl)cc1)C(C)Nc1ncc(C(N)=O)cc1Cl. The number of aromatic nitrogens is 1. The normalized spacial score (nSPS) is 13.4. The molecule has 7 heteroatoms. The number of halogens is 2. The lowest BCUT2D eigenvalue weighted by Crippen LogP contribution is -2.26. The summed E-state index contributed by atoms with van der Waals surface area (Å²) < 4.78 is 5.56. The van der Waals surface area contributed by atoms with E-state index >= 15 is 0 Å². The zero-order valence-electron chi connectivity index (χ0n) is 12.7. The minimum atomic E-state index is -0.574. The summed E-state index contributed by atoms with van der Waals surface area (Å²) >= 11 is 12.0. The number of carbonyl (C=O) groups is 1. The van der Waals surface area contributed by atoms with Crippen LogP contribution in [0.1, 0.15) is 28.9 Å². The maximum absolute atomic E-state index is 11.1. The third-order valence-corrected chi connectivity index (χ3v) is 3.94. The fourth-order valence-electron chi connectivity index (χ4n) is 2.25. The Morgan fingerprint density at radius 2 is 1.96 bits per heavy atom. The summed E-state index contributed by atoms with van der Waals surface area (Å²) in [5.74, 6) is -0.116. The van der Waals surface area contributed by atoms with Crippen LogP contribution >= 0.6 is 23.2 Å². The number of nitrogens with two attached hydrogens (primary N) is 1. The fraction of sp³-hybridized carbons (Fsp3) is 0.250. The molecule has 0 aliphatic rings. The van der Waals surface area contributed by atoms with Gasteiger partial charge in [0.15, 0.2) is 0 Å². The van der Waals surface area contributed by atoms with Gasteiger partial charge in [-0.2, -0.15) is 0 Å². The first-order valence-electron chi connectivity index (χ1n) is 6.92. The van der Waals surface area contributed by atoms with E-state index in [1.165, 1.54) is 12.3 Å². The number of carbonyl (C=O) groups excluding carboxylic acids is 1. The van der Waals surface area contributed by atoms with Crippen molar-refractivity contribution in [1.82, 2.24) is 4.98 Å². The molecule has 1 aromatic heterocycles. The summed E-state index contributed by atoms with van der Waals surface area (Å²) in [6.07, 6.45) is 1.16. The van der Waals surface area contributed by atoms with Crippen molar-refractivity contribution >= 4 is 34.9 Å². The van der Waals surface area contributed by atoms with E-state index in [-0.39, 0.29) is 17.7 Å². The molecule has 1 heterocycles. The minimum Gasteiger partial charge on any atom is -0.375 e. The molecule has 122 valence electrons. The zero-order valence-corrected chi connectivity index (χ0v) is 14.2. The first-order chi connectivity index (χ1) is 10.9. The van der Waals surface area contributed by atoms with Gasteiger partial charge in [0.1, 0.15) is 11.9 Å². The van der Waals surface area contributed by atoms with Crippen LogP contribution in [0.5, 0.6) is 0 Å². The lowest BCUT2D eigenvalue weighted by atomic mass is 10.0. The van der Waals surface area contributed by atoms with Gasteiger partial charge in [-0.15, -0.1) is 0 Å². The maximum atomic E-state index is 11.1. The molecule has 1 aromatic carbocycles. The van der Waals surface area contributed by atoms with E-state index in [0.29, 0.717) is 15.9 Å². The Labute approximate surface area is 144 Å². The average molecular weight is 354 g/mol. The van der Waals surface area contributed by atoms with Gasteiger partial charge in [0.2, 0.25) is 5.91 Å². The number of methoxy groups -OCH3 is 1. The fourth-order valence-corrected chi connectivity index (χ4v) is 2.60. The Morgan fingerprint density at radius 3 is 2.48 bits per heavy atom. The predicted octanol–water partition coefficient (Wildman–Crippen LogP) is 3.68. The van der Waals surface area contributed by atoms with Crippen LogP contribution in [0.4, 0.5) is 5.82 Å². The van der Waals surface area contributed by atoms with Crippen molar-refractivity contribution in [3.05, 3.63) is 57.7 Å². The molecule has 23 heavy (non-hydrogen) atoms. The highest BCUT2D eigenvalue weighted by atomic mass is 35.5. The van der Waals surface area contributed by atoms with Gasteiger partial charge >= 0.3 is 0 Å². The summed E-state index contributed by atoms with van der Waals surface area (Å²) in [7, 11) is 1.63. The van der Waals surface area contributed by atoms with Crippen molar-refractivity contribution in [3.8, 4) is 0 Å². The number of nitrogens with one attached hydrogen (secondary N) is 1. The van der Waals surface area contributed by atoms with Gasteiger partial charge in [0, 0.05) is 18.3 Å². The quantitative estimate of drug-likeness (QED) is 0.830. The molecule has 2 aromatic rings. The molecule has 2 atom stereocenters. The molecule has 5 nitrogen and oxygen atoms in total. The standard InChI is InChI=1S/C16H17Cl2N3O2/c1-9(14(23-2)10-3-5-12(17)6-4-10)21-16-13(18)7-11(8-20-16)15(19)22/h3-9,14H,1-2H3,(H2,19,22)(H,20,21). The first-order valence-corrected chi connectivity index (χ1v) is 7.68. The van der Waals surface area contributed by atoms with E-state index in [0.717, 1.165) is 5.56 Å².